The Bertz CT molecular complexity index is 1650. The summed E-state index contributed by atoms with van der Waals surface area (Å²) in [4.78, 5) is 32.2. The lowest BCUT2D eigenvalue weighted by Gasteiger charge is -2.35. The highest BCUT2D eigenvalue weighted by Gasteiger charge is 2.37. The number of rotatable bonds is 7. The smallest absolute Gasteiger partial charge is 0.278 e. The molecule has 6 rings (SSSR count). The number of allylic oxidation sites excluding steroid dienone is 1. The van der Waals surface area contributed by atoms with Gasteiger partial charge in [0.2, 0.25) is 5.95 Å². The molecule has 0 saturated carbocycles. The summed E-state index contributed by atoms with van der Waals surface area (Å²) in [6, 6.07) is 10.2. The fourth-order valence-electron chi connectivity index (χ4n) is 5.88. The SMILES string of the molecule is C=CCn1c(=O)c2cnc(Nc3ccc(N4CCN(C)CC4)c(C)c3)nc2n1-c1ccc2c(n1)C(O)(CC)CC2. The summed E-state index contributed by atoms with van der Waals surface area (Å²) >= 11 is 0. The number of likely N-dealkylation sites (N-methyl/N-ethyl adjacent to an activating group) is 1. The highest BCUT2D eigenvalue weighted by Crippen LogP contribution is 2.38. The largest absolute Gasteiger partial charge is 0.384 e. The first kappa shape index (κ1) is 26.2. The molecule has 4 aromatic rings. The van der Waals surface area contributed by atoms with E-state index in [4.69, 9.17) is 9.97 Å². The number of nitrogens with zero attached hydrogens (tertiary/aromatic N) is 7. The molecule has 2 aliphatic rings. The highest BCUT2D eigenvalue weighted by atomic mass is 16.3. The second-order valence-electron chi connectivity index (χ2n) is 10.9. The van der Waals surface area contributed by atoms with Gasteiger partial charge in [0.05, 0.1) is 12.2 Å². The molecule has 40 heavy (non-hydrogen) atoms. The molecule has 10 nitrogen and oxygen atoms in total. The van der Waals surface area contributed by atoms with Crippen molar-refractivity contribution < 1.29 is 5.11 Å². The predicted molar refractivity (Wildman–Crippen MR) is 158 cm³/mol. The Morgan fingerprint density at radius 1 is 1.15 bits per heavy atom. The van der Waals surface area contributed by atoms with Crippen molar-refractivity contribution in [2.45, 2.75) is 45.3 Å². The average Bonchev–Trinajstić information content (AvgIpc) is 3.43. The minimum atomic E-state index is -0.965. The van der Waals surface area contributed by atoms with Crippen molar-refractivity contribution in [2.24, 2.45) is 0 Å². The highest BCUT2D eigenvalue weighted by molar-refractivity contribution is 5.77. The molecule has 1 aromatic carbocycles. The van der Waals surface area contributed by atoms with Crippen molar-refractivity contribution in [3.63, 3.8) is 0 Å². The van der Waals surface area contributed by atoms with Crippen LogP contribution in [0.15, 0.2) is 54.0 Å². The zero-order valence-electron chi connectivity index (χ0n) is 23.4. The van der Waals surface area contributed by atoms with Gasteiger partial charge in [0.1, 0.15) is 11.0 Å². The Morgan fingerprint density at radius 3 is 2.67 bits per heavy atom. The number of nitrogens with one attached hydrogen (secondary N) is 1. The van der Waals surface area contributed by atoms with Crippen LogP contribution in [0.2, 0.25) is 0 Å². The monoisotopic (exact) mass is 540 g/mol. The van der Waals surface area contributed by atoms with Gasteiger partial charge in [0.15, 0.2) is 11.5 Å². The van der Waals surface area contributed by atoms with E-state index in [9.17, 15) is 9.90 Å². The van der Waals surface area contributed by atoms with Gasteiger partial charge < -0.3 is 20.2 Å². The molecule has 1 atom stereocenters. The lowest BCUT2D eigenvalue weighted by Crippen LogP contribution is -2.44. The quantitative estimate of drug-likeness (QED) is 0.343. The number of aromatic nitrogens is 5. The normalized spacial score (nSPS) is 19.2. The maximum Gasteiger partial charge on any atom is 0.278 e. The molecule has 10 heteroatoms. The molecule has 0 spiro atoms. The Hall–Kier alpha value is -4.02. The molecule has 1 aliphatic carbocycles. The zero-order valence-corrected chi connectivity index (χ0v) is 23.4. The van der Waals surface area contributed by atoms with E-state index in [2.05, 4.69) is 52.8 Å². The number of fused-ring (bicyclic) bond motifs is 2. The Kier molecular flexibility index (Phi) is 6.67. The third-order valence-electron chi connectivity index (χ3n) is 8.29. The number of hydrogen-bond donors (Lipinski definition) is 2. The van der Waals surface area contributed by atoms with E-state index >= 15 is 0 Å². The number of anilines is 3. The number of benzene rings is 1. The van der Waals surface area contributed by atoms with Crippen molar-refractivity contribution in [3.8, 4) is 5.82 Å². The molecule has 0 bridgehead atoms. The Morgan fingerprint density at radius 2 is 1.95 bits per heavy atom. The predicted octanol–water partition coefficient (Wildman–Crippen LogP) is 3.51. The third kappa shape index (κ3) is 4.47. The molecule has 0 radical (unpaired) electrons. The van der Waals surface area contributed by atoms with Crippen LogP contribution < -0.4 is 15.8 Å². The Labute approximate surface area is 233 Å². The van der Waals surface area contributed by atoms with Crippen LogP contribution in [0.3, 0.4) is 0 Å². The van der Waals surface area contributed by atoms with Gasteiger partial charge in [-0.1, -0.05) is 19.1 Å². The van der Waals surface area contributed by atoms with E-state index in [-0.39, 0.29) is 12.1 Å². The topological polar surface area (TPSA) is 104 Å². The van der Waals surface area contributed by atoms with Gasteiger partial charge in [0.25, 0.3) is 5.56 Å². The van der Waals surface area contributed by atoms with E-state index in [0.717, 1.165) is 43.9 Å². The summed E-state index contributed by atoms with van der Waals surface area (Å²) in [6.07, 6.45) is 5.23. The lowest BCUT2D eigenvalue weighted by molar-refractivity contribution is 0.0306. The van der Waals surface area contributed by atoms with Crippen LogP contribution in [-0.4, -0.2) is 67.5 Å². The molecule has 1 unspecified atom stereocenters. The van der Waals surface area contributed by atoms with Crippen LogP contribution in [0.1, 0.15) is 36.6 Å². The van der Waals surface area contributed by atoms with Gasteiger partial charge in [-0.3, -0.25) is 4.79 Å². The molecule has 1 fully saturated rings. The van der Waals surface area contributed by atoms with Gasteiger partial charge >= 0.3 is 0 Å². The van der Waals surface area contributed by atoms with Crippen molar-refractivity contribution in [1.29, 1.82) is 0 Å². The van der Waals surface area contributed by atoms with E-state index < -0.39 is 5.60 Å². The van der Waals surface area contributed by atoms with E-state index in [1.807, 2.05) is 25.1 Å². The molecule has 4 heterocycles. The lowest BCUT2D eigenvalue weighted by atomic mass is 9.98. The Balaban J connectivity index is 1.38. The van der Waals surface area contributed by atoms with Crippen molar-refractivity contribution in [3.05, 3.63) is 76.4 Å². The van der Waals surface area contributed by atoms with Gasteiger partial charge in [-0.2, -0.15) is 4.98 Å². The van der Waals surface area contributed by atoms with Crippen LogP contribution in [0, 0.1) is 6.92 Å². The molecule has 3 aromatic heterocycles. The molecule has 2 N–H and O–H groups in total. The van der Waals surface area contributed by atoms with E-state index in [1.165, 1.54) is 11.3 Å². The summed E-state index contributed by atoms with van der Waals surface area (Å²) in [5.41, 5.74) is 4.26. The van der Waals surface area contributed by atoms with Crippen molar-refractivity contribution in [2.75, 3.05) is 43.4 Å². The van der Waals surface area contributed by atoms with Gasteiger partial charge in [0, 0.05) is 43.8 Å². The summed E-state index contributed by atoms with van der Waals surface area (Å²) in [5.74, 6) is 0.911. The van der Waals surface area contributed by atoms with Gasteiger partial charge in [-0.05, 0) is 68.6 Å². The molecular formula is C30H36N8O2. The summed E-state index contributed by atoms with van der Waals surface area (Å²) in [7, 11) is 2.16. The van der Waals surface area contributed by atoms with Gasteiger partial charge in [-0.25, -0.2) is 19.3 Å². The minimum absolute atomic E-state index is 0.220. The summed E-state index contributed by atoms with van der Waals surface area (Å²) in [5, 5.41) is 14.9. The first-order valence-electron chi connectivity index (χ1n) is 13.9. The third-order valence-corrected chi connectivity index (χ3v) is 8.29. The van der Waals surface area contributed by atoms with Gasteiger partial charge in [-0.15, -0.1) is 6.58 Å². The summed E-state index contributed by atoms with van der Waals surface area (Å²) < 4.78 is 3.27. The molecule has 208 valence electrons. The second kappa shape index (κ2) is 10.2. The average molecular weight is 541 g/mol. The number of aryl methyl sites for hydroxylation is 2. The number of pyridine rings is 1. The van der Waals surface area contributed by atoms with Crippen LogP contribution in [0.25, 0.3) is 16.9 Å². The molecular weight excluding hydrogens is 504 g/mol. The number of piperazine rings is 1. The molecule has 1 saturated heterocycles. The van der Waals surface area contributed by atoms with Crippen LogP contribution >= 0.6 is 0 Å². The van der Waals surface area contributed by atoms with Crippen LogP contribution in [0.5, 0.6) is 0 Å². The van der Waals surface area contributed by atoms with Crippen molar-refractivity contribution >= 4 is 28.4 Å². The van der Waals surface area contributed by atoms with Crippen LogP contribution in [-0.2, 0) is 18.6 Å². The van der Waals surface area contributed by atoms with E-state index in [0.29, 0.717) is 41.3 Å². The maximum atomic E-state index is 13.4. The van der Waals surface area contributed by atoms with E-state index in [1.54, 1.807) is 21.6 Å². The fraction of sp³-hybridized carbons (Fsp3) is 0.400. The van der Waals surface area contributed by atoms with Crippen molar-refractivity contribution in [1.82, 2.24) is 29.2 Å². The fourth-order valence-corrected chi connectivity index (χ4v) is 5.88. The molecule has 0 amide bonds. The standard InChI is InChI=1S/C30H36N8O2/c1-5-13-37-28(39)23-19-31-29(32-22-8-9-24(20(3)18-22)36-16-14-35(4)15-17-36)34-27(23)38(37)25-10-7-21-11-12-30(40,6-2)26(21)33-25/h5,7-10,18-19,40H,1,6,11-17H2,2-4H3,(H,31,32,34). The maximum absolute atomic E-state index is 13.4. The number of aliphatic hydroxyl groups is 1. The number of hydrogen-bond acceptors (Lipinski definition) is 8. The zero-order chi connectivity index (χ0) is 28.0. The second-order valence-corrected chi connectivity index (χ2v) is 10.9. The molecule has 1 aliphatic heterocycles. The minimum Gasteiger partial charge on any atom is -0.384 e. The summed E-state index contributed by atoms with van der Waals surface area (Å²) in [6.45, 7) is 12.3. The first-order chi connectivity index (χ1) is 19.3. The van der Waals surface area contributed by atoms with Crippen LogP contribution in [0.4, 0.5) is 17.3 Å². The first-order valence-corrected chi connectivity index (χ1v) is 13.9.